The summed E-state index contributed by atoms with van der Waals surface area (Å²) in [5.74, 6) is -1.82. The Hall–Kier alpha value is -4.20. The van der Waals surface area contributed by atoms with Gasteiger partial charge in [-0.3, -0.25) is 40.9 Å². The van der Waals surface area contributed by atoms with E-state index in [-0.39, 0.29) is 44.1 Å². The van der Waals surface area contributed by atoms with Crippen molar-refractivity contribution in [1.82, 2.24) is 10.9 Å². The van der Waals surface area contributed by atoms with Gasteiger partial charge in [0.25, 0.3) is 0 Å². The van der Waals surface area contributed by atoms with Gasteiger partial charge in [0, 0.05) is 12.8 Å². The minimum Gasteiger partial charge on any atom is -0.463 e. The number of para-hydroxylation sites is 2. The van der Waals surface area contributed by atoms with Gasteiger partial charge in [-0.25, -0.2) is 0 Å². The molecule has 1 atom stereocenters. The molecule has 0 bridgehead atoms. The molecule has 0 saturated carbocycles. The van der Waals surface area contributed by atoms with E-state index in [4.69, 9.17) is 24.8 Å². The zero-order chi connectivity index (χ0) is 28.9. The Bertz CT molecular complexity index is 987. The highest BCUT2D eigenvalue weighted by Gasteiger charge is 2.14. The summed E-state index contributed by atoms with van der Waals surface area (Å²) in [6.07, 6.45) is -1.81. The number of amides is 2. The first-order valence-electron chi connectivity index (χ1n) is 12.2. The minimum atomic E-state index is -0.937. The molecule has 1 unspecified atom stereocenters. The lowest BCUT2D eigenvalue weighted by Crippen LogP contribution is -2.30. The number of nitrogens with one attached hydrogen (secondary N) is 4. The molecule has 13 nitrogen and oxygen atoms in total. The summed E-state index contributed by atoms with van der Waals surface area (Å²) < 4.78 is 9.45. The molecule has 0 aliphatic rings. The molecule has 0 fully saturated rings. The van der Waals surface area contributed by atoms with Crippen LogP contribution in [0.25, 0.3) is 0 Å². The highest BCUT2D eigenvalue weighted by Crippen LogP contribution is 2.04. The topological polar surface area (TPSA) is 196 Å². The quantitative estimate of drug-likeness (QED) is 0.122. The number of hydrogen-bond donors (Lipinski definition) is 7. The Labute approximate surface area is 226 Å². The van der Waals surface area contributed by atoms with E-state index in [9.17, 15) is 19.2 Å². The third kappa shape index (κ3) is 17.0. The molecular weight excluding hydrogens is 512 g/mol. The van der Waals surface area contributed by atoms with E-state index in [1.807, 2.05) is 36.4 Å². The molecule has 13 heteroatoms. The van der Waals surface area contributed by atoms with Gasteiger partial charge < -0.3 is 24.8 Å². The van der Waals surface area contributed by atoms with Crippen LogP contribution in [0.15, 0.2) is 60.7 Å². The van der Waals surface area contributed by atoms with E-state index in [0.717, 1.165) is 11.4 Å². The zero-order valence-corrected chi connectivity index (χ0v) is 21.7. The highest BCUT2D eigenvalue weighted by molar-refractivity contribution is 5.82. The van der Waals surface area contributed by atoms with Gasteiger partial charge in [-0.05, 0) is 31.2 Å². The van der Waals surface area contributed by atoms with Crippen LogP contribution in [-0.4, -0.2) is 71.1 Å². The summed E-state index contributed by atoms with van der Waals surface area (Å²) in [4.78, 5) is 45.4. The predicted molar refractivity (Wildman–Crippen MR) is 142 cm³/mol. The molecular formula is C26H36N4O9. The van der Waals surface area contributed by atoms with Crippen LogP contribution in [0.3, 0.4) is 0 Å². The van der Waals surface area contributed by atoms with E-state index >= 15 is 0 Å². The fourth-order valence-electron chi connectivity index (χ4n) is 2.55. The maximum atomic E-state index is 11.5. The number of esters is 2. The average molecular weight is 549 g/mol. The lowest BCUT2D eigenvalue weighted by atomic mass is 10.3. The Balaban J connectivity index is 0.000000391. The first-order chi connectivity index (χ1) is 18.7. The van der Waals surface area contributed by atoms with Crippen molar-refractivity contribution in [1.29, 1.82) is 0 Å². The van der Waals surface area contributed by atoms with E-state index in [1.54, 1.807) is 24.3 Å². The van der Waals surface area contributed by atoms with Crippen LogP contribution >= 0.6 is 0 Å². The van der Waals surface area contributed by atoms with Crippen molar-refractivity contribution in [2.45, 2.75) is 44.8 Å². The summed E-state index contributed by atoms with van der Waals surface area (Å²) in [6.45, 7) is 0.556. The van der Waals surface area contributed by atoms with Crippen molar-refractivity contribution < 1.29 is 44.0 Å². The number of aliphatic hydroxyl groups excluding tert-OH is 3. The number of carbonyl (C=O) groups excluding carboxylic acids is 4. The van der Waals surface area contributed by atoms with Gasteiger partial charge in [0.05, 0.1) is 43.5 Å². The van der Waals surface area contributed by atoms with Gasteiger partial charge in [-0.1, -0.05) is 36.4 Å². The lowest BCUT2D eigenvalue weighted by molar-refractivity contribution is -0.154. The van der Waals surface area contributed by atoms with Crippen LogP contribution in [0, 0.1) is 0 Å². The maximum Gasteiger partial charge on any atom is 0.306 e. The number of anilines is 2. The fraction of sp³-hybridized carbons (Fsp3) is 0.385. The second kappa shape index (κ2) is 19.9. The normalized spacial score (nSPS) is 10.8. The first-order valence-corrected chi connectivity index (χ1v) is 12.2. The zero-order valence-electron chi connectivity index (χ0n) is 21.7. The van der Waals surface area contributed by atoms with Gasteiger partial charge >= 0.3 is 11.9 Å². The number of aliphatic hydroxyl groups is 3. The van der Waals surface area contributed by atoms with Crippen molar-refractivity contribution in [2.24, 2.45) is 0 Å². The number of benzene rings is 2. The van der Waals surface area contributed by atoms with Gasteiger partial charge in [-0.2, -0.15) is 0 Å². The summed E-state index contributed by atoms with van der Waals surface area (Å²) >= 11 is 0. The molecule has 2 aromatic rings. The van der Waals surface area contributed by atoms with E-state index < -0.39 is 37.4 Å². The lowest BCUT2D eigenvalue weighted by Gasteiger charge is -2.12. The SMILES string of the molecule is CC(O)COC(=O)CCC(=O)NNc1ccccc1.O=C(CCC(=O)OC(CO)CO)NNc1ccccc1. The molecule has 2 rings (SSSR count). The molecule has 2 amide bonds. The second-order valence-electron chi connectivity index (χ2n) is 8.09. The highest BCUT2D eigenvalue weighted by atomic mass is 16.6. The Kier molecular flexibility index (Phi) is 16.7. The maximum absolute atomic E-state index is 11.5. The molecule has 0 aliphatic carbocycles. The van der Waals surface area contributed by atoms with E-state index in [2.05, 4.69) is 21.7 Å². The number of hydrazine groups is 2. The third-order valence-corrected chi connectivity index (χ3v) is 4.54. The molecule has 214 valence electrons. The minimum absolute atomic E-state index is 0.0188. The summed E-state index contributed by atoms with van der Waals surface area (Å²) in [5, 5.41) is 26.4. The molecule has 0 radical (unpaired) electrons. The monoisotopic (exact) mass is 548 g/mol. The van der Waals surface area contributed by atoms with Crippen LogP contribution in [0.1, 0.15) is 32.6 Å². The van der Waals surface area contributed by atoms with Crippen molar-refractivity contribution in [3.05, 3.63) is 60.7 Å². The van der Waals surface area contributed by atoms with Crippen molar-refractivity contribution in [3.8, 4) is 0 Å². The van der Waals surface area contributed by atoms with Gasteiger partial charge in [0.15, 0.2) is 0 Å². The van der Waals surface area contributed by atoms with Crippen LogP contribution in [0.5, 0.6) is 0 Å². The fourth-order valence-corrected chi connectivity index (χ4v) is 2.55. The van der Waals surface area contributed by atoms with Crippen molar-refractivity contribution >= 4 is 35.1 Å². The standard InChI is InChI=1S/C13H18N2O5.C13H18N2O4/c16-8-11(9-17)20-13(19)7-6-12(18)15-14-10-4-2-1-3-5-10;1-10(16)9-19-13(18)8-7-12(17)15-14-11-5-3-2-4-6-11/h1-5,11,14,16-17H,6-9H2,(H,15,18);2-6,10,14,16H,7-9H2,1H3,(H,15,17). The first kappa shape index (κ1) is 32.8. The molecule has 0 aromatic heterocycles. The smallest absolute Gasteiger partial charge is 0.306 e. The Morgan fingerprint density at radius 1 is 0.718 bits per heavy atom. The third-order valence-electron chi connectivity index (χ3n) is 4.54. The summed E-state index contributed by atoms with van der Waals surface area (Å²) in [7, 11) is 0. The number of ether oxygens (including phenoxy) is 2. The van der Waals surface area contributed by atoms with Crippen molar-refractivity contribution in [2.75, 3.05) is 30.7 Å². The average Bonchev–Trinajstić information content (AvgIpc) is 2.95. The molecule has 0 spiro atoms. The number of hydrogen-bond acceptors (Lipinski definition) is 11. The van der Waals surface area contributed by atoms with Gasteiger partial charge in [0.1, 0.15) is 12.7 Å². The molecule has 0 saturated heterocycles. The summed E-state index contributed by atoms with van der Waals surface area (Å²) in [6, 6.07) is 18.2. The van der Waals surface area contributed by atoms with Gasteiger partial charge in [0.2, 0.25) is 11.8 Å². The van der Waals surface area contributed by atoms with Gasteiger partial charge in [-0.15, -0.1) is 0 Å². The Morgan fingerprint density at radius 2 is 1.15 bits per heavy atom. The van der Waals surface area contributed by atoms with Crippen LogP contribution in [0.2, 0.25) is 0 Å². The van der Waals surface area contributed by atoms with Crippen molar-refractivity contribution in [3.63, 3.8) is 0 Å². The molecule has 2 aromatic carbocycles. The molecule has 0 heterocycles. The Morgan fingerprint density at radius 3 is 1.56 bits per heavy atom. The summed E-state index contributed by atoms with van der Waals surface area (Å²) in [5.41, 5.74) is 11.8. The second-order valence-corrected chi connectivity index (χ2v) is 8.09. The van der Waals surface area contributed by atoms with E-state index in [1.165, 1.54) is 6.92 Å². The molecule has 0 aliphatic heterocycles. The molecule has 7 N–H and O–H groups in total. The number of rotatable bonds is 15. The van der Waals surface area contributed by atoms with Crippen LogP contribution < -0.4 is 21.7 Å². The van der Waals surface area contributed by atoms with E-state index in [0.29, 0.717) is 0 Å². The number of carbonyl (C=O) groups is 4. The largest absolute Gasteiger partial charge is 0.463 e. The molecule has 39 heavy (non-hydrogen) atoms. The van der Waals surface area contributed by atoms with Crippen LogP contribution in [0.4, 0.5) is 11.4 Å². The van der Waals surface area contributed by atoms with Crippen LogP contribution in [-0.2, 0) is 28.7 Å². The predicted octanol–water partition coefficient (Wildman–Crippen LogP) is 0.640.